The molecule has 152 valence electrons. The van der Waals surface area contributed by atoms with Crippen molar-refractivity contribution in [1.29, 1.82) is 0 Å². The lowest BCUT2D eigenvalue weighted by Crippen LogP contribution is -2.40. The fraction of sp³-hybridized carbons (Fsp3) is 0.190. The van der Waals surface area contributed by atoms with Gasteiger partial charge in [-0.2, -0.15) is 0 Å². The third kappa shape index (κ3) is 2.98. The lowest BCUT2D eigenvalue weighted by atomic mass is 9.91. The molecule has 2 aliphatic rings. The number of ether oxygens (including phenoxy) is 2. The zero-order valence-electron chi connectivity index (χ0n) is 15.8. The predicted molar refractivity (Wildman–Crippen MR) is 107 cm³/mol. The summed E-state index contributed by atoms with van der Waals surface area (Å²) in [6, 6.07) is 10.7. The molecule has 2 aromatic carbocycles. The molecule has 0 bridgehead atoms. The molecule has 1 aromatic heterocycles. The summed E-state index contributed by atoms with van der Waals surface area (Å²) in [5.74, 6) is 0.449. The smallest absolute Gasteiger partial charge is 0.325 e. The molecule has 0 spiro atoms. The highest BCUT2D eigenvalue weighted by Crippen LogP contribution is 2.38. The van der Waals surface area contributed by atoms with Crippen LogP contribution in [0.3, 0.4) is 0 Å². The topological polar surface area (TPSA) is 80.8 Å². The highest BCUT2D eigenvalue weighted by atomic mass is 32.1. The Bertz CT molecular complexity index is 1160. The van der Waals surface area contributed by atoms with Crippen LogP contribution >= 0.6 is 11.3 Å². The van der Waals surface area contributed by atoms with E-state index in [4.69, 9.17) is 9.47 Å². The van der Waals surface area contributed by atoms with Gasteiger partial charge in [0.1, 0.15) is 16.4 Å². The van der Waals surface area contributed by atoms with Gasteiger partial charge in [-0.25, -0.2) is 14.2 Å². The van der Waals surface area contributed by atoms with Crippen molar-refractivity contribution in [2.75, 3.05) is 6.79 Å². The van der Waals surface area contributed by atoms with Gasteiger partial charge in [0.05, 0.1) is 12.2 Å². The lowest BCUT2D eigenvalue weighted by Gasteiger charge is -2.22. The second-order valence-corrected chi connectivity index (χ2v) is 8.02. The van der Waals surface area contributed by atoms with E-state index in [1.54, 1.807) is 42.6 Å². The van der Waals surface area contributed by atoms with E-state index in [2.05, 4.69) is 10.3 Å². The van der Waals surface area contributed by atoms with Crippen LogP contribution < -0.4 is 14.8 Å². The van der Waals surface area contributed by atoms with Crippen molar-refractivity contribution in [2.45, 2.75) is 19.0 Å². The van der Waals surface area contributed by atoms with E-state index in [0.29, 0.717) is 27.8 Å². The molecule has 0 saturated carbocycles. The average molecular weight is 425 g/mol. The van der Waals surface area contributed by atoms with Crippen molar-refractivity contribution in [3.05, 3.63) is 64.9 Å². The average Bonchev–Trinajstić information content (AvgIpc) is 3.44. The van der Waals surface area contributed by atoms with Gasteiger partial charge in [0, 0.05) is 10.9 Å². The van der Waals surface area contributed by atoms with Crippen LogP contribution in [0.5, 0.6) is 11.5 Å². The standard InChI is InChI=1S/C21H16FN3O4S/c1-21(13-4-7-16-17(8-13)29-11-28-16)19(26)25(20(27)24-21)9-15-10-30-18(23-15)12-2-5-14(22)6-3-12/h2-8,10H,9,11H2,1H3,(H,24,27). The number of fused-ring (bicyclic) bond motifs is 1. The number of hydrogen-bond acceptors (Lipinski definition) is 6. The Kier molecular flexibility index (Phi) is 4.21. The number of carbonyl (C=O) groups excluding carboxylic acids is 2. The van der Waals surface area contributed by atoms with E-state index in [-0.39, 0.29) is 25.1 Å². The van der Waals surface area contributed by atoms with Crippen LogP contribution in [-0.2, 0) is 16.9 Å². The zero-order chi connectivity index (χ0) is 20.9. The molecule has 0 radical (unpaired) electrons. The fourth-order valence-electron chi connectivity index (χ4n) is 3.51. The molecule has 0 aliphatic carbocycles. The summed E-state index contributed by atoms with van der Waals surface area (Å²) in [7, 11) is 0. The summed E-state index contributed by atoms with van der Waals surface area (Å²) < 4.78 is 23.8. The van der Waals surface area contributed by atoms with Crippen molar-refractivity contribution >= 4 is 23.3 Å². The molecule has 7 nitrogen and oxygen atoms in total. The van der Waals surface area contributed by atoms with E-state index in [9.17, 15) is 14.0 Å². The summed E-state index contributed by atoms with van der Waals surface area (Å²) >= 11 is 1.37. The Morgan fingerprint density at radius 2 is 1.93 bits per heavy atom. The van der Waals surface area contributed by atoms with Crippen LogP contribution in [-0.4, -0.2) is 28.6 Å². The highest BCUT2D eigenvalue weighted by molar-refractivity contribution is 7.13. The maximum Gasteiger partial charge on any atom is 0.325 e. The number of aromatic nitrogens is 1. The van der Waals surface area contributed by atoms with E-state index in [1.807, 2.05) is 0 Å². The van der Waals surface area contributed by atoms with E-state index < -0.39 is 11.6 Å². The van der Waals surface area contributed by atoms with Gasteiger partial charge in [0.25, 0.3) is 5.91 Å². The fourth-order valence-corrected chi connectivity index (χ4v) is 4.33. The first kappa shape index (κ1) is 18.6. The van der Waals surface area contributed by atoms with Gasteiger partial charge in [-0.3, -0.25) is 9.69 Å². The minimum absolute atomic E-state index is 0.0441. The Labute approximate surface area is 175 Å². The number of urea groups is 1. The minimum Gasteiger partial charge on any atom is -0.454 e. The Morgan fingerprint density at radius 1 is 1.17 bits per heavy atom. The number of nitrogens with one attached hydrogen (secondary N) is 1. The first-order chi connectivity index (χ1) is 14.4. The predicted octanol–water partition coefficient (Wildman–Crippen LogP) is 3.65. The SMILES string of the molecule is CC1(c2ccc3c(c2)OCO3)NC(=O)N(Cc2csc(-c3ccc(F)cc3)n2)C1=O. The van der Waals surface area contributed by atoms with Crippen LogP contribution in [0.25, 0.3) is 10.6 Å². The number of nitrogens with zero attached hydrogens (tertiary/aromatic N) is 2. The molecule has 3 aromatic rings. The number of halogens is 1. The number of carbonyl (C=O) groups is 2. The molecule has 9 heteroatoms. The van der Waals surface area contributed by atoms with Crippen molar-refractivity contribution in [1.82, 2.24) is 15.2 Å². The molecule has 1 N–H and O–H groups in total. The van der Waals surface area contributed by atoms with Crippen LogP contribution in [0.2, 0.25) is 0 Å². The summed E-state index contributed by atoms with van der Waals surface area (Å²) in [5.41, 5.74) is 0.749. The summed E-state index contributed by atoms with van der Waals surface area (Å²) in [6.45, 7) is 1.83. The normalized spacial score (nSPS) is 20.0. The quantitative estimate of drug-likeness (QED) is 0.646. The molecule has 1 fully saturated rings. The summed E-state index contributed by atoms with van der Waals surface area (Å²) in [5, 5.41) is 5.26. The summed E-state index contributed by atoms with van der Waals surface area (Å²) in [6.07, 6.45) is 0. The number of benzene rings is 2. The zero-order valence-corrected chi connectivity index (χ0v) is 16.7. The second kappa shape index (κ2) is 6.81. The molecule has 3 heterocycles. The first-order valence-electron chi connectivity index (χ1n) is 9.18. The van der Waals surface area contributed by atoms with Crippen LogP contribution in [0.15, 0.2) is 47.8 Å². The van der Waals surface area contributed by atoms with Gasteiger partial charge >= 0.3 is 6.03 Å². The van der Waals surface area contributed by atoms with E-state index in [1.165, 1.54) is 23.5 Å². The van der Waals surface area contributed by atoms with Crippen molar-refractivity contribution < 1.29 is 23.5 Å². The number of thiazole rings is 1. The van der Waals surface area contributed by atoms with Gasteiger partial charge in [-0.05, 0) is 48.9 Å². The largest absolute Gasteiger partial charge is 0.454 e. The molecule has 5 rings (SSSR count). The summed E-state index contributed by atoms with van der Waals surface area (Å²) in [4.78, 5) is 31.4. The Balaban J connectivity index is 1.38. The van der Waals surface area contributed by atoms with Gasteiger partial charge in [0.2, 0.25) is 6.79 Å². The molecule has 1 unspecified atom stereocenters. The third-order valence-electron chi connectivity index (χ3n) is 5.19. The molecular formula is C21H16FN3O4S. The monoisotopic (exact) mass is 425 g/mol. The van der Waals surface area contributed by atoms with Crippen LogP contribution in [0.1, 0.15) is 18.2 Å². The Hall–Kier alpha value is -3.46. The van der Waals surface area contributed by atoms with Gasteiger partial charge in [-0.1, -0.05) is 6.07 Å². The molecule has 1 saturated heterocycles. The van der Waals surface area contributed by atoms with E-state index >= 15 is 0 Å². The second-order valence-electron chi connectivity index (χ2n) is 7.17. The van der Waals surface area contributed by atoms with Crippen molar-refractivity contribution in [2.24, 2.45) is 0 Å². The van der Waals surface area contributed by atoms with E-state index in [0.717, 1.165) is 10.5 Å². The van der Waals surface area contributed by atoms with Crippen molar-refractivity contribution in [3.8, 4) is 22.1 Å². The Morgan fingerprint density at radius 3 is 2.73 bits per heavy atom. The van der Waals surface area contributed by atoms with Gasteiger partial charge in [-0.15, -0.1) is 11.3 Å². The van der Waals surface area contributed by atoms with Gasteiger partial charge in [0.15, 0.2) is 11.5 Å². The number of hydrogen-bond donors (Lipinski definition) is 1. The lowest BCUT2D eigenvalue weighted by molar-refractivity contribution is -0.131. The number of rotatable bonds is 4. The molecule has 1 atom stereocenters. The first-order valence-corrected chi connectivity index (χ1v) is 10.1. The maximum atomic E-state index is 13.2. The third-order valence-corrected chi connectivity index (χ3v) is 6.13. The van der Waals surface area contributed by atoms with Crippen molar-refractivity contribution in [3.63, 3.8) is 0 Å². The molecule has 2 aliphatic heterocycles. The van der Waals surface area contributed by atoms with Crippen LogP contribution in [0.4, 0.5) is 9.18 Å². The highest BCUT2D eigenvalue weighted by Gasteiger charge is 2.49. The number of amides is 3. The number of imide groups is 1. The molecule has 30 heavy (non-hydrogen) atoms. The van der Waals surface area contributed by atoms with Crippen LogP contribution in [0, 0.1) is 5.82 Å². The maximum absolute atomic E-state index is 13.2. The van der Waals surface area contributed by atoms with Gasteiger partial charge < -0.3 is 14.8 Å². The minimum atomic E-state index is -1.21. The molecular weight excluding hydrogens is 409 g/mol. The molecule has 3 amide bonds.